The molecule has 1 aromatic rings. The number of carbonyl (C=O) groups excluding carboxylic acids is 1. The van der Waals surface area contributed by atoms with E-state index < -0.39 is 0 Å². The maximum Gasteiger partial charge on any atom is 0.223 e. The number of piperidine rings is 1. The van der Waals surface area contributed by atoms with Gasteiger partial charge >= 0.3 is 0 Å². The van der Waals surface area contributed by atoms with E-state index in [2.05, 4.69) is 20.8 Å². The van der Waals surface area contributed by atoms with E-state index in [4.69, 9.17) is 9.47 Å². The average molecular weight is 382 g/mol. The molecule has 2 aliphatic heterocycles. The largest absolute Gasteiger partial charge is 0.496 e. The highest BCUT2D eigenvalue weighted by Crippen LogP contribution is 2.37. The number of aryl methyl sites for hydroxylation is 1. The maximum atomic E-state index is 12.7. The normalized spacial score (nSPS) is 26.4. The van der Waals surface area contributed by atoms with E-state index in [1.54, 1.807) is 14.2 Å². The Hall–Kier alpha value is -1.07. The second kappa shape index (κ2) is 7.22. The van der Waals surface area contributed by atoms with Crippen LogP contribution < -0.4 is 4.74 Å². The Morgan fingerprint density at radius 1 is 1.26 bits per heavy atom. The summed E-state index contributed by atoms with van der Waals surface area (Å²) in [6, 6.07) is 6.68. The summed E-state index contributed by atoms with van der Waals surface area (Å²) in [5, 5.41) is 0. The zero-order valence-corrected chi connectivity index (χ0v) is 15.3. The monoisotopic (exact) mass is 381 g/mol. The fraction of sp³-hybridized carbons (Fsp3) is 0.611. The van der Waals surface area contributed by atoms with Crippen LogP contribution in [0, 0.1) is 0 Å². The van der Waals surface area contributed by atoms with E-state index in [1.165, 1.54) is 0 Å². The van der Waals surface area contributed by atoms with Crippen molar-refractivity contribution in [3.63, 3.8) is 0 Å². The predicted octanol–water partition coefficient (Wildman–Crippen LogP) is 3.56. The molecule has 2 fully saturated rings. The van der Waals surface area contributed by atoms with Crippen molar-refractivity contribution in [3.8, 4) is 5.75 Å². The van der Waals surface area contributed by atoms with E-state index in [0.717, 1.165) is 41.5 Å². The third-order valence-electron chi connectivity index (χ3n) is 5.16. The zero-order chi connectivity index (χ0) is 16.4. The van der Waals surface area contributed by atoms with Crippen molar-refractivity contribution >= 4 is 21.8 Å². The Bertz CT molecular complexity index is 563. The number of halogens is 1. The highest BCUT2D eigenvalue weighted by atomic mass is 79.9. The molecule has 2 atom stereocenters. The number of rotatable bonds is 5. The summed E-state index contributed by atoms with van der Waals surface area (Å²) in [6.45, 7) is 0. The molecule has 1 amide bonds. The van der Waals surface area contributed by atoms with Gasteiger partial charge in [0.2, 0.25) is 5.91 Å². The third-order valence-corrected chi connectivity index (χ3v) is 5.66. The fourth-order valence-electron chi connectivity index (χ4n) is 4.04. The SMILES string of the molecule is COc1ccc(Br)cc1CCC(=O)N1C2CCC1CC(OC)C2. The van der Waals surface area contributed by atoms with Gasteiger partial charge in [0.25, 0.3) is 0 Å². The van der Waals surface area contributed by atoms with Gasteiger partial charge < -0.3 is 14.4 Å². The lowest BCUT2D eigenvalue weighted by Crippen LogP contribution is -2.48. The van der Waals surface area contributed by atoms with Gasteiger partial charge in [0.1, 0.15) is 5.75 Å². The molecule has 0 spiro atoms. The lowest BCUT2D eigenvalue weighted by atomic mass is 9.98. The van der Waals surface area contributed by atoms with Crippen LogP contribution in [0.15, 0.2) is 22.7 Å². The van der Waals surface area contributed by atoms with E-state index >= 15 is 0 Å². The molecular formula is C18H24BrNO3. The molecule has 2 saturated heterocycles. The van der Waals surface area contributed by atoms with Crippen LogP contribution >= 0.6 is 15.9 Å². The minimum atomic E-state index is 0.272. The average Bonchev–Trinajstić information content (AvgIpc) is 2.83. The molecule has 0 saturated carbocycles. The molecule has 0 N–H and O–H groups in total. The maximum absolute atomic E-state index is 12.7. The molecule has 0 aromatic heterocycles. The lowest BCUT2D eigenvalue weighted by molar-refractivity contribution is -0.137. The summed E-state index contributed by atoms with van der Waals surface area (Å²) in [4.78, 5) is 14.9. The van der Waals surface area contributed by atoms with E-state index in [0.29, 0.717) is 31.0 Å². The second-order valence-electron chi connectivity index (χ2n) is 6.47. The van der Waals surface area contributed by atoms with Crippen LogP contribution in [0.3, 0.4) is 0 Å². The summed E-state index contributed by atoms with van der Waals surface area (Å²) >= 11 is 3.49. The third kappa shape index (κ3) is 3.56. The van der Waals surface area contributed by atoms with Crippen LogP contribution in [-0.2, 0) is 16.0 Å². The topological polar surface area (TPSA) is 38.8 Å². The summed E-state index contributed by atoms with van der Waals surface area (Å²) in [7, 11) is 3.45. The van der Waals surface area contributed by atoms with Crippen LogP contribution in [-0.4, -0.2) is 43.2 Å². The smallest absolute Gasteiger partial charge is 0.223 e. The molecular weight excluding hydrogens is 358 g/mol. The number of amides is 1. The quantitative estimate of drug-likeness (QED) is 0.782. The lowest BCUT2D eigenvalue weighted by Gasteiger charge is -2.38. The first-order valence-electron chi connectivity index (χ1n) is 8.28. The van der Waals surface area contributed by atoms with Gasteiger partial charge in [-0.1, -0.05) is 15.9 Å². The van der Waals surface area contributed by atoms with Crippen molar-refractivity contribution in [2.24, 2.45) is 0 Å². The van der Waals surface area contributed by atoms with Crippen molar-refractivity contribution in [1.29, 1.82) is 0 Å². The molecule has 2 bridgehead atoms. The van der Waals surface area contributed by atoms with Gasteiger partial charge in [-0.3, -0.25) is 4.79 Å². The highest BCUT2D eigenvalue weighted by molar-refractivity contribution is 9.10. The van der Waals surface area contributed by atoms with Gasteiger partial charge in [-0.25, -0.2) is 0 Å². The summed E-state index contributed by atoms with van der Waals surface area (Å²) in [6.07, 6.45) is 5.79. The van der Waals surface area contributed by atoms with Crippen molar-refractivity contribution < 1.29 is 14.3 Å². The van der Waals surface area contributed by atoms with Gasteiger partial charge in [-0.05, 0) is 55.9 Å². The molecule has 2 unspecified atom stereocenters. The molecule has 1 aromatic carbocycles. The van der Waals surface area contributed by atoms with Gasteiger partial charge in [0, 0.05) is 30.1 Å². The van der Waals surface area contributed by atoms with Gasteiger partial charge in [0.15, 0.2) is 0 Å². The summed E-state index contributed by atoms with van der Waals surface area (Å²) in [5.74, 6) is 1.12. The standard InChI is InChI=1S/C18H24BrNO3/c1-22-16-10-14-5-6-15(11-16)20(14)18(21)8-3-12-9-13(19)4-7-17(12)23-2/h4,7,9,14-16H,3,5-6,8,10-11H2,1-2H3. The minimum absolute atomic E-state index is 0.272. The second-order valence-corrected chi connectivity index (χ2v) is 7.39. The Morgan fingerprint density at radius 2 is 1.96 bits per heavy atom. The molecule has 0 aliphatic carbocycles. The fourth-order valence-corrected chi connectivity index (χ4v) is 4.45. The molecule has 2 aliphatic rings. The van der Waals surface area contributed by atoms with Gasteiger partial charge in [-0.2, -0.15) is 0 Å². The van der Waals surface area contributed by atoms with Gasteiger partial charge in [-0.15, -0.1) is 0 Å². The molecule has 126 valence electrons. The Morgan fingerprint density at radius 3 is 2.57 bits per heavy atom. The Kier molecular flexibility index (Phi) is 5.27. The summed E-state index contributed by atoms with van der Waals surface area (Å²) < 4.78 is 11.9. The van der Waals surface area contributed by atoms with E-state index in [-0.39, 0.29) is 5.91 Å². The molecule has 23 heavy (non-hydrogen) atoms. The molecule has 4 nitrogen and oxygen atoms in total. The molecule has 3 rings (SSSR count). The first-order valence-corrected chi connectivity index (χ1v) is 9.08. The zero-order valence-electron chi connectivity index (χ0n) is 13.8. The Balaban J connectivity index is 1.63. The van der Waals surface area contributed by atoms with Crippen molar-refractivity contribution in [2.45, 2.75) is 56.7 Å². The number of methoxy groups -OCH3 is 2. The van der Waals surface area contributed by atoms with E-state index in [9.17, 15) is 4.79 Å². The van der Waals surface area contributed by atoms with Crippen molar-refractivity contribution in [1.82, 2.24) is 4.90 Å². The first-order chi connectivity index (χ1) is 11.1. The minimum Gasteiger partial charge on any atom is -0.496 e. The van der Waals surface area contributed by atoms with Crippen LogP contribution in [0.4, 0.5) is 0 Å². The molecule has 0 radical (unpaired) electrons. The predicted molar refractivity (Wildman–Crippen MR) is 92.7 cm³/mol. The van der Waals surface area contributed by atoms with Crippen LogP contribution in [0.25, 0.3) is 0 Å². The number of ether oxygens (including phenoxy) is 2. The number of hydrogen-bond donors (Lipinski definition) is 0. The highest BCUT2D eigenvalue weighted by Gasteiger charge is 2.42. The van der Waals surface area contributed by atoms with Crippen molar-refractivity contribution in [2.75, 3.05) is 14.2 Å². The van der Waals surface area contributed by atoms with Gasteiger partial charge in [0.05, 0.1) is 13.2 Å². The van der Waals surface area contributed by atoms with Crippen LogP contribution in [0.5, 0.6) is 5.75 Å². The number of nitrogens with zero attached hydrogens (tertiary/aromatic N) is 1. The van der Waals surface area contributed by atoms with E-state index in [1.807, 2.05) is 18.2 Å². The number of carbonyl (C=O) groups is 1. The van der Waals surface area contributed by atoms with Crippen LogP contribution in [0.2, 0.25) is 0 Å². The van der Waals surface area contributed by atoms with Crippen molar-refractivity contribution in [3.05, 3.63) is 28.2 Å². The number of benzene rings is 1. The summed E-state index contributed by atoms with van der Waals surface area (Å²) in [5.41, 5.74) is 1.08. The van der Waals surface area contributed by atoms with Crippen LogP contribution in [0.1, 0.15) is 37.7 Å². The number of fused-ring (bicyclic) bond motifs is 2. The molecule has 5 heteroatoms. The number of hydrogen-bond acceptors (Lipinski definition) is 3. The Labute approximate surface area is 146 Å². The first kappa shape index (κ1) is 16.8. The molecule has 2 heterocycles.